The van der Waals surface area contributed by atoms with E-state index in [-0.39, 0.29) is 5.75 Å². The van der Waals surface area contributed by atoms with Gasteiger partial charge in [0.1, 0.15) is 4.88 Å². The number of anilines is 1. The molecule has 0 amide bonds. The summed E-state index contributed by atoms with van der Waals surface area (Å²) in [7, 11) is 1.42. The normalized spacial score (nSPS) is 16.3. The van der Waals surface area contributed by atoms with E-state index in [1.165, 1.54) is 13.2 Å². The van der Waals surface area contributed by atoms with Crippen LogP contribution in [-0.2, 0) is 12.7 Å². The van der Waals surface area contributed by atoms with E-state index >= 15 is 0 Å². The van der Waals surface area contributed by atoms with Crippen LogP contribution < -0.4 is 9.64 Å². The summed E-state index contributed by atoms with van der Waals surface area (Å²) < 4.78 is 56.6. The van der Waals surface area contributed by atoms with Crippen molar-refractivity contribution in [1.82, 2.24) is 9.88 Å². The molecule has 0 radical (unpaired) electrons. The van der Waals surface area contributed by atoms with Crippen molar-refractivity contribution >= 4 is 16.5 Å². The Morgan fingerprint density at radius 3 is 2.48 bits per heavy atom. The van der Waals surface area contributed by atoms with E-state index < -0.39 is 16.9 Å². The topological polar surface area (TPSA) is 28.6 Å². The van der Waals surface area contributed by atoms with E-state index in [9.17, 15) is 17.6 Å². The van der Waals surface area contributed by atoms with E-state index in [0.717, 1.165) is 11.8 Å². The number of thiazole rings is 1. The van der Waals surface area contributed by atoms with Crippen LogP contribution in [0.5, 0.6) is 5.75 Å². The maximum Gasteiger partial charge on any atom is 0.427 e. The number of aromatic nitrogens is 1. The second-order valence-corrected chi connectivity index (χ2v) is 6.75. The number of methoxy groups -OCH3 is 1. The van der Waals surface area contributed by atoms with Crippen molar-refractivity contribution in [3.8, 4) is 5.75 Å². The molecule has 1 aromatic heterocycles. The summed E-state index contributed by atoms with van der Waals surface area (Å²) in [4.78, 5) is 7.19. The quantitative estimate of drug-likeness (QED) is 0.763. The van der Waals surface area contributed by atoms with Gasteiger partial charge in [-0.15, -0.1) is 0 Å². The zero-order chi connectivity index (χ0) is 18.0. The Labute approximate surface area is 146 Å². The molecular formula is C16H17F4N3OS. The third-order valence-electron chi connectivity index (χ3n) is 4.04. The molecule has 1 saturated heterocycles. The Bertz CT molecular complexity index is 726. The summed E-state index contributed by atoms with van der Waals surface area (Å²) in [6.07, 6.45) is -3.47. The lowest BCUT2D eigenvalue weighted by molar-refractivity contribution is -0.134. The van der Waals surface area contributed by atoms with Gasteiger partial charge in [0, 0.05) is 32.7 Å². The van der Waals surface area contributed by atoms with Crippen LogP contribution in [0.3, 0.4) is 0 Å². The Kier molecular flexibility index (Phi) is 5.14. The van der Waals surface area contributed by atoms with Crippen LogP contribution in [0.2, 0.25) is 0 Å². The van der Waals surface area contributed by atoms with E-state index in [2.05, 4.69) is 9.88 Å². The van der Waals surface area contributed by atoms with Crippen LogP contribution >= 0.6 is 11.3 Å². The molecule has 0 spiro atoms. The monoisotopic (exact) mass is 375 g/mol. The molecule has 0 bridgehead atoms. The number of hydrogen-bond acceptors (Lipinski definition) is 5. The summed E-state index contributed by atoms with van der Waals surface area (Å²) in [5, 5.41) is 0.391. The van der Waals surface area contributed by atoms with Gasteiger partial charge in [-0.3, -0.25) is 4.90 Å². The van der Waals surface area contributed by atoms with Crippen molar-refractivity contribution in [1.29, 1.82) is 0 Å². The van der Waals surface area contributed by atoms with Gasteiger partial charge in [-0.05, 0) is 17.7 Å². The van der Waals surface area contributed by atoms with Gasteiger partial charge in [-0.2, -0.15) is 13.2 Å². The van der Waals surface area contributed by atoms with Gasteiger partial charge in [-0.25, -0.2) is 9.37 Å². The van der Waals surface area contributed by atoms with Gasteiger partial charge in [0.2, 0.25) is 0 Å². The van der Waals surface area contributed by atoms with Gasteiger partial charge >= 0.3 is 6.18 Å². The van der Waals surface area contributed by atoms with Gasteiger partial charge in [0.05, 0.1) is 13.3 Å². The van der Waals surface area contributed by atoms with Gasteiger partial charge in [0.25, 0.3) is 0 Å². The first kappa shape index (κ1) is 17.9. The second-order valence-electron chi connectivity index (χ2n) is 5.74. The number of halogens is 4. The highest BCUT2D eigenvalue weighted by Gasteiger charge is 2.34. The summed E-state index contributed by atoms with van der Waals surface area (Å²) in [5.41, 5.74) is 0.834. The van der Waals surface area contributed by atoms with E-state index in [1.54, 1.807) is 6.07 Å². The Balaban J connectivity index is 1.57. The summed E-state index contributed by atoms with van der Waals surface area (Å²) in [6.45, 7) is 3.11. The first-order chi connectivity index (χ1) is 11.9. The van der Waals surface area contributed by atoms with Crippen LogP contribution in [-0.4, -0.2) is 43.2 Å². The molecule has 2 heterocycles. The summed E-state index contributed by atoms with van der Waals surface area (Å²) in [6, 6.07) is 4.85. The van der Waals surface area contributed by atoms with Crippen LogP contribution in [0, 0.1) is 5.82 Å². The molecule has 1 aromatic carbocycles. The molecule has 25 heavy (non-hydrogen) atoms. The van der Waals surface area contributed by atoms with Crippen molar-refractivity contribution in [2.75, 3.05) is 38.2 Å². The molecule has 0 unspecified atom stereocenters. The molecule has 0 aliphatic carbocycles. The summed E-state index contributed by atoms with van der Waals surface area (Å²) >= 11 is 0.665. The third kappa shape index (κ3) is 4.21. The minimum atomic E-state index is -4.35. The molecule has 4 nitrogen and oxygen atoms in total. The molecule has 0 atom stereocenters. The SMILES string of the molecule is COc1ccc(CN2CCN(c3ncc(C(F)(F)F)s3)CC2)cc1F. The van der Waals surface area contributed by atoms with Crippen molar-refractivity contribution < 1.29 is 22.3 Å². The fourth-order valence-corrected chi connectivity index (χ4v) is 3.54. The lowest BCUT2D eigenvalue weighted by Gasteiger charge is -2.34. The van der Waals surface area contributed by atoms with Crippen LogP contribution in [0.4, 0.5) is 22.7 Å². The molecule has 1 fully saturated rings. The molecular weight excluding hydrogens is 358 g/mol. The van der Waals surface area contributed by atoms with Crippen molar-refractivity contribution in [3.05, 3.63) is 40.7 Å². The molecule has 2 aromatic rings. The predicted octanol–water partition coefficient (Wildman–Crippen LogP) is 3.63. The molecule has 1 aliphatic rings. The van der Waals surface area contributed by atoms with Crippen molar-refractivity contribution in [3.63, 3.8) is 0 Å². The zero-order valence-electron chi connectivity index (χ0n) is 13.5. The second kappa shape index (κ2) is 7.17. The molecule has 3 rings (SSSR count). The largest absolute Gasteiger partial charge is 0.494 e. The fourth-order valence-electron chi connectivity index (χ4n) is 2.71. The van der Waals surface area contributed by atoms with Crippen molar-refractivity contribution in [2.45, 2.75) is 12.7 Å². The number of ether oxygens (including phenoxy) is 1. The Hall–Kier alpha value is -1.87. The van der Waals surface area contributed by atoms with Crippen LogP contribution in [0.1, 0.15) is 10.4 Å². The number of nitrogens with zero attached hydrogens (tertiary/aromatic N) is 3. The summed E-state index contributed by atoms with van der Waals surface area (Å²) in [5.74, 6) is -0.195. The standard InChI is InChI=1S/C16H17F4N3OS/c1-24-13-3-2-11(8-12(13)17)10-22-4-6-23(7-5-22)15-21-9-14(25-15)16(18,19)20/h2-3,8-9H,4-7,10H2,1H3. The predicted molar refractivity (Wildman–Crippen MR) is 87.6 cm³/mol. The minimum Gasteiger partial charge on any atom is -0.494 e. The molecule has 0 N–H and O–H groups in total. The van der Waals surface area contributed by atoms with Gasteiger partial charge in [0.15, 0.2) is 16.7 Å². The van der Waals surface area contributed by atoms with Crippen molar-refractivity contribution in [2.24, 2.45) is 0 Å². The first-order valence-corrected chi connectivity index (χ1v) is 8.51. The molecule has 9 heteroatoms. The number of hydrogen-bond donors (Lipinski definition) is 0. The van der Waals surface area contributed by atoms with Crippen LogP contribution in [0.15, 0.2) is 24.4 Å². The number of benzene rings is 1. The maximum atomic E-state index is 13.7. The Morgan fingerprint density at radius 1 is 1.20 bits per heavy atom. The van der Waals surface area contributed by atoms with E-state index in [1.807, 2.05) is 11.0 Å². The average Bonchev–Trinajstić information content (AvgIpc) is 3.06. The highest BCUT2D eigenvalue weighted by Crippen LogP contribution is 2.36. The van der Waals surface area contributed by atoms with E-state index in [0.29, 0.717) is 49.2 Å². The number of alkyl halides is 3. The maximum absolute atomic E-state index is 13.7. The highest BCUT2D eigenvalue weighted by atomic mass is 32.1. The van der Waals surface area contributed by atoms with Crippen LogP contribution in [0.25, 0.3) is 0 Å². The minimum absolute atomic E-state index is 0.206. The van der Waals surface area contributed by atoms with E-state index in [4.69, 9.17) is 4.74 Å². The average molecular weight is 375 g/mol. The third-order valence-corrected chi connectivity index (χ3v) is 5.14. The lowest BCUT2D eigenvalue weighted by Crippen LogP contribution is -2.45. The number of rotatable bonds is 4. The van der Waals surface area contributed by atoms with Gasteiger partial charge in [-0.1, -0.05) is 17.4 Å². The molecule has 1 aliphatic heterocycles. The Morgan fingerprint density at radius 2 is 1.92 bits per heavy atom. The number of piperazine rings is 1. The fraction of sp³-hybridized carbons (Fsp3) is 0.438. The van der Waals surface area contributed by atoms with Gasteiger partial charge < -0.3 is 9.64 Å². The highest BCUT2D eigenvalue weighted by molar-refractivity contribution is 7.15. The lowest BCUT2D eigenvalue weighted by atomic mass is 10.2. The zero-order valence-corrected chi connectivity index (χ0v) is 14.3. The first-order valence-electron chi connectivity index (χ1n) is 7.69. The molecule has 0 saturated carbocycles. The molecule has 136 valence electrons. The smallest absolute Gasteiger partial charge is 0.427 e.